The van der Waals surface area contributed by atoms with E-state index in [1.807, 2.05) is 0 Å². The van der Waals surface area contributed by atoms with Crippen LogP contribution >= 0.6 is 0 Å². The largest absolute Gasteiger partial charge is 0.382 e. The summed E-state index contributed by atoms with van der Waals surface area (Å²) in [6.07, 6.45) is 2.12. The average molecular weight is 201 g/mol. The van der Waals surface area contributed by atoms with Crippen molar-refractivity contribution in [3.63, 3.8) is 0 Å². The van der Waals surface area contributed by atoms with Crippen molar-refractivity contribution in [3.05, 3.63) is 12.2 Å². The maximum atomic E-state index is 5.32. The minimum absolute atomic E-state index is 0.684. The zero-order valence-corrected chi connectivity index (χ0v) is 9.47. The van der Waals surface area contributed by atoms with Gasteiger partial charge < -0.3 is 14.8 Å². The van der Waals surface area contributed by atoms with Crippen molar-refractivity contribution in [1.82, 2.24) is 5.32 Å². The number of nitrogens with one attached hydrogen (secondary N) is 1. The molecule has 0 atom stereocenters. The lowest BCUT2D eigenvalue weighted by molar-refractivity contribution is 0.0695. The molecule has 0 aliphatic heterocycles. The zero-order chi connectivity index (χ0) is 10.6. The standard InChI is InChI=1S/C11H23NO2/c1-11(2)5-7-12-6-4-8-14-10-9-13-3/h12H,1,4-10H2,2-3H3. The van der Waals surface area contributed by atoms with Crippen molar-refractivity contribution in [1.29, 1.82) is 0 Å². The van der Waals surface area contributed by atoms with Crippen LogP contribution in [0, 0.1) is 0 Å². The summed E-state index contributed by atoms with van der Waals surface area (Å²) in [4.78, 5) is 0. The molecule has 0 saturated heterocycles. The van der Waals surface area contributed by atoms with Gasteiger partial charge in [-0.3, -0.25) is 0 Å². The van der Waals surface area contributed by atoms with Crippen molar-refractivity contribution in [3.8, 4) is 0 Å². The fourth-order valence-electron chi connectivity index (χ4n) is 0.970. The highest BCUT2D eigenvalue weighted by Crippen LogP contribution is 1.91. The molecule has 0 aromatic rings. The van der Waals surface area contributed by atoms with E-state index in [-0.39, 0.29) is 0 Å². The molecule has 0 aromatic carbocycles. The van der Waals surface area contributed by atoms with Crippen LogP contribution in [0.15, 0.2) is 12.2 Å². The van der Waals surface area contributed by atoms with E-state index in [4.69, 9.17) is 9.47 Å². The molecule has 0 aliphatic rings. The van der Waals surface area contributed by atoms with Crippen molar-refractivity contribution in [2.24, 2.45) is 0 Å². The first-order chi connectivity index (χ1) is 6.77. The third kappa shape index (κ3) is 11.6. The molecule has 0 amide bonds. The minimum atomic E-state index is 0.684. The molecule has 0 fully saturated rings. The molecule has 1 N–H and O–H groups in total. The molecule has 0 radical (unpaired) electrons. The van der Waals surface area contributed by atoms with Gasteiger partial charge in [-0.1, -0.05) is 5.57 Å². The molecule has 14 heavy (non-hydrogen) atoms. The first-order valence-corrected chi connectivity index (χ1v) is 5.19. The first-order valence-electron chi connectivity index (χ1n) is 5.19. The van der Waals surface area contributed by atoms with E-state index >= 15 is 0 Å². The van der Waals surface area contributed by atoms with Gasteiger partial charge in [0.15, 0.2) is 0 Å². The van der Waals surface area contributed by atoms with Crippen molar-refractivity contribution >= 4 is 0 Å². The van der Waals surface area contributed by atoms with Gasteiger partial charge in [0.2, 0.25) is 0 Å². The molecular formula is C11H23NO2. The van der Waals surface area contributed by atoms with E-state index in [2.05, 4.69) is 18.8 Å². The highest BCUT2D eigenvalue weighted by Gasteiger charge is 1.90. The van der Waals surface area contributed by atoms with Gasteiger partial charge in [0.1, 0.15) is 0 Å². The van der Waals surface area contributed by atoms with Crippen LogP contribution in [0.5, 0.6) is 0 Å². The Bertz CT molecular complexity index is 137. The summed E-state index contributed by atoms with van der Waals surface area (Å²) in [5, 5.41) is 3.34. The topological polar surface area (TPSA) is 30.5 Å². The molecule has 0 unspecified atom stereocenters. The summed E-state index contributed by atoms with van der Waals surface area (Å²) in [6.45, 7) is 10.1. The summed E-state index contributed by atoms with van der Waals surface area (Å²) in [7, 11) is 1.68. The van der Waals surface area contributed by atoms with E-state index < -0.39 is 0 Å². The Morgan fingerprint density at radius 2 is 2.00 bits per heavy atom. The van der Waals surface area contributed by atoms with E-state index in [9.17, 15) is 0 Å². The second-order valence-corrected chi connectivity index (χ2v) is 3.42. The second kappa shape index (κ2) is 10.7. The van der Waals surface area contributed by atoms with Gasteiger partial charge in [-0.15, -0.1) is 6.58 Å². The molecule has 0 bridgehead atoms. The zero-order valence-electron chi connectivity index (χ0n) is 9.47. The van der Waals surface area contributed by atoms with Crippen molar-refractivity contribution in [2.45, 2.75) is 19.8 Å². The second-order valence-electron chi connectivity index (χ2n) is 3.42. The maximum Gasteiger partial charge on any atom is 0.0700 e. The first kappa shape index (κ1) is 13.6. The fraction of sp³-hybridized carbons (Fsp3) is 0.818. The van der Waals surface area contributed by atoms with Gasteiger partial charge >= 0.3 is 0 Å². The molecule has 3 nitrogen and oxygen atoms in total. The number of rotatable bonds is 10. The molecule has 0 spiro atoms. The van der Waals surface area contributed by atoms with E-state index in [1.54, 1.807) is 7.11 Å². The van der Waals surface area contributed by atoms with Gasteiger partial charge in [0.05, 0.1) is 13.2 Å². The Balaban J connectivity index is 2.88. The SMILES string of the molecule is C=C(C)CCNCCCOCCOC. The number of methoxy groups -OCH3 is 1. The van der Waals surface area contributed by atoms with Crippen LogP contribution in [-0.2, 0) is 9.47 Å². The number of ether oxygens (including phenoxy) is 2. The van der Waals surface area contributed by atoms with Gasteiger partial charge in [-0.05, 0) is 32.9 Å². The lowest BCUT2D eigenvalue weighted by Crippen LogP contribution is -2.18. The van der Waals surface area contributed by atoms with Gasteiger partial charge in [0.25, 0.3) is 0 Å². The molecule has 0 rings (SSSR count). The molecule has 84 valence electrons. The maximum absolute atomic E-state index is 5.32. The van der Waals surface area contributed by atoms with Crippen LogP contribution in [0.2, 0.25) is 0 Å². The Morgan fingerprint density at radius 3 is 2.64 bits per heavy atom. The summed E-state index contributed by atoms with van der Waals surface area (Å²) >= 11 is 0. The van der Waals surface area contributed by atoms with Gasteiger partial charge in [0, 0.05) is 13.7 Å². The van der Waals surface area contributed by atoms with Gasteiger partial charge in [-0.2, -0.15) is 0 Å². The van der Waals surface area contributed by atoms with Gasteiger partial charge in [-0.25, -0.2) is 0 Å². The van der Waals surface area contributed by atoms with Crippen molar-refractivity contribution < 1.29 is 9.47 Å². The average Bonchev–Trinajstić information content (AvgIpc) is 2.15. The predicted octanol–water partition coefficient (Wildman–Crippen LogP) is 1.60. The number of hydrogen-bond donors (Lipinski definition) is 1. The molecule has 3 heteroatoms. The molecule has 0 saturated carbocycles. The van der Waals surface area contributed by atoms with Crippen LogP contribution in [0.4, 0.5) is 0 Å². The van der Waals surface area contributed by atoms with Crippen LogP contribution in [0.25, 0.3) is 0 Å². The van der Waals surface area contributed by atoms with E-state index in [0.29, 0.717) is 13.2 Å². The van der Waals surface area contributed by atoms with E-state index in [0.717, 1.165) is 32.5 Å². The highest BCUT2D eigenvalue weighted by atomic mass is 16.5. The van der Waals surface area contributed by atoms with Crippen LogP contribution in [0.1, 0.15) is 19.8 Å². The summed E-state index contributed by atoms with van der Waals surface area (Å²) in [6, 6.07) is 0. The van der Waals surface area contributed by atoms with Crippen molar-refractivity contribution in [2.75, 3.05) is 40.0 Å². The molecule has 0 aromatic heterocycles. The highest BCUT2D eigenvalue weighted by molar-refractivity contribution is 4.87. The predicted molar refractivity (Wildman–Crippen MR) is 59.6 cm³/mol. The number of hydrogen-bond acceptors (Lipinski definition) is 3. The van der Waals surface area contributed by atoms with Crippen LogP contribution in [-0.4, -0.2) is 40.0 Å². The monoisotopic (exact) mass is 201 g/mol. The molecular weight excluding hydrogens is 178 g/mol. The third-order valence-corrected chi connectivity index (χ3v) is 1.80. The molecule has 0 heterocycles. The van der Waals surface area contributed by atoms with Crippen LogP contribution in [0.3, 0.4) is 0 Å². The fourth-order valence-corrected chi connectivity index (χ4v) is 0.970. The summed E-state index contributed by atoms with van der Waals surface area (Å²) < 4.78 is 10.2. The quantitative estimate of drug-likeness (QED) is 0.430. The summed E-state index contributed by atoms with van der Waals surface area (Å²) in [5.41, 5.74) is 1.23. The lowest BCUT2D eigenvalue weighted by Gasteiger charge is -2.05. The smallest absolute Gasteiger partial charge is 0.0700 e. The lowest BCUT2D eigenvalue weighted by atomic mass is 10.2. The van der Waals surface area contributed by atoms with E-state index in [1.165, 1.54) is 5.57 Å². The summed E-state index contributed by atoms with van der Waals surface area (Å²) in [5.74, 6) is 0. The normalized spacial score (nSPS) is 10.4. The Morgan fingerprint density at radius 1 is 1.21 bits per heavy atom. The van der Waals surface area contributed by atoms with Crippen LogP contribution < -0.4 is 5.32 Å². The Hall–Kier alpha value is -0.380. The Kier molecular flexibility index (Phi) is 10.4. The third-order valence-electron chi connectivity index (χ3n) is 1.80. The minimum Gasteiger partial charge on any atom is -0.382 e. The molecule has 0 aliphatic carbocycles. The Labute approximate surface area is 87.5 Å².